The zero-order valence-corrected chi connectivity index (χ0v) is 57.9. The van der Waals surface area contributed by atoms with Crippen LogP contribution in [0.5, 0.6) is 5.75 Å². The summed E-state index contributed by atoms with van der Waals surface area (Å²) < 4.78 is 7.58. The third-order valence-electron chi connectivity index (χ3n) is 23.4. The van der Waals surface area contributed by atoms with Crippen molar-refractivity contribution < 1.29 is 9.52 Å². The fourth-order valence-corrected chi connectivity index (χ4v) is 18.5. The maximum Gasteiger partial charge on any atom is 0.159 e. The molecule has 0 spiro atoms. The number of hydrogen-bond donors (Lipinski definition) is 1. The topological polar surface area (TPSA) is 39.9 Å². The molecule has 4 heteroatoms. The summed E-state index contributed by atoms with van der Waals surface area (Å²) in [6, 6.07) is 81.0. The number of phenolic OH excluding ortho intramolecular Hbond substituents is 1. The molecule has 13 aromatic rings. The Balaban J connectivity index is 0.935. The minimum Gasteiger partial charge on any atom is -0.505 e. The van der Waals surface area contributed by atoms with Gasteiger partial charge < -0.3 is 19.3 Å². The van der Waals surface area contributed by atoms with Crippen LogP contribution in [0.3, 0.4) is 0 Å². The Hall–Kier alpha value is -9.38. The fourth-order valence-electron chi connectivity index (χ4n) is 18.5. The lowest BCUT2D eigenvalue weighted by Crippen LogP contribution is -2.15. The van der Waals surface area contributed by atoms with E-state index in [0.717, 1.165) is 98.3 Å². The highest BCUT2D eigenvalue weighted by Gasteiger charge is 2.32. The van der Waals surface area contributed by atoms with Crippen molar-refractivity contribution in [2.24, 2.45) is 0 Å². The van der Waals surface area contributed by atoms with E-state index in [1.165, 1.54) is 184 Å². The van der Waals surface area contributed by atoms with Gasteiger partial charge in [-0.1, -0.05) is 249 Å². The predicted molar refractivity (Wildman–Crippen MR) is 417 cm³/mol. The first-order valence-electron chi connectivity index (χ1n) is 37.6. The lowest BCUT2D eigenvalue weighted by Gasteiger charge is -2.34. The Morgan fingerprint density at radius 2 is 0.837 bits per heavy atom. The van der Waals surface area contributed by atoms with E-state index in [2.05, 4.69) is 256 Å². The van der Waals surface area contributed by atoms with Crippen molar-refractivity contribution in [3.63, 3.8) is 0 Å². The molecule has 4 nitrogen and oxygen atoms in total. The van der Waals surface area contributed by atoms with E-state index in [1.54, 1.807) is 0 Å². The molecule has 98 heavy (non-hydrogen) atoms. The lowest BCUT2D eigenvalue weighted by molar-refractivity contribution is 0.443. The Morgan fingerprint density at radius 1 is 0.357 bits per heavy atom. The van der Waals surface area contributed by atoms with Gasteiger partial charge in [0.15, 0.2) is 5.58 Å². The van der Waals surface area contributed by atoms with Gasteiger partial charge in [0.2, 0.25) is 0 Å². The molecule has 4 aliphatic rings. The van der Waals surface area contributed by atoms with Crippen molar-refractivity contribution >= 4 is 94.0 Å². The molecule has 0 saturated heterocycles. The van der Waals surface area contributed by atoms with E-state index in [9.17, 15) is 5.11 Å². The second-order valence-electron chi connectivity index (χ2n) is 30.0. The molecule has 0 amide bonds. The van der Waals surface area contributed by atoms with Crippen molar-refractivity contribution in [2.45, 2.75) is 179 Å². The van der Waals surface area contributed by atoms with Crippen LogP contribution in [-0.4, -0.2) is 5.11 Å². The van der Waals surface area contributed by atoms with E-state index in [-0.39, 0.29) is 5.75 Å². The van der Waals surface area contributed by atoms with Crippen LogP contribution in [0.4, 0.5) is 34.1 Å². The van der Waals surface area contributed by atoms with E-state index in [1.807, 2.05) is 0 Å². The molecule has 1 aromatic heterocycles. The van der Waals surface area contributed by atoms with Gasteiger partial charge in [0.1, 0.15) is 11.3 Å². The van der Waals surface area contributed by atoms with Crippen LogP contribution in [0, 0.1) is 0 Å². The minimum absolute atomic E-state index is 0.280. The second-order valence-corrected chi connectivity index (χ2v) is 30.0. The van der Waals surface area contributed by atoms with Gasteiger partial charge in [0.05, 0.1) is 22.7 Å². The number of rotatable bonds is 15. The van der Waals surface area contributed by atoms with Gasteiger partial charge in [0.25, 0.3) is 0 Å². The average molecular weight is 1280 g/mol. The van der Waals surface area contributed by atoms with Gasteiger partial charge in [-0.05, 0) is 231 Å². The van der Waals surface area contributed by atoms with E-state index < -0.39 is 0 Å². The number of anilines is 6. The molecular formula is C94H92N2O2. The SMILES string of the molecule is CC(C)c1ccccc1-c1cccc(-c2cccc(N(c3ccc(C4CCCCC4)cc3)c3cc(C4CCCCC4)c4ccc5c(N(c6ccc(C7=CCCCC7)cc6)c6cccc7c6oc6c(-c8ccccc8C(C)C)cccc67)cc(C6CCCCC6)c6ccc3c4c65)c2O)c1. The first-order chi connectivity index (χ1) is 48.2. The Bertz CT molecular complexity index is 5120. The summed E-state index contributed by atoms with van der Waals surface area (Å²) in [7, 11) is 0. The number of hydrogen-bond acceptors (Lipinski definition) is 4. The normalized spacial score (nSPS) is 16.2. The molecule has 12 aromatic carbocycles. The molecule has 0 atom stereocenters. The van der Waals surface area contributed by atoms with Crippen LogP contribution in [0.1, 0.15) is 213 Å². The highest BCUT2D eigenvalue weighted by Crippen LogP contribution is 2.56. The summed E-state index contributed by atoms with van der Waals surface area (Å²) in [6.07, 6.45) is 25.7. The molecule has 490 valence electrons. The number of benzene rings is 12. The minimum atomic E-state index is 0.280. The Kier molecular flexibility index (Phi) is 16.8. The zero-order valence-electron chi connectivity index (χ0n) is 57.9. The summed E-state index contributed by atoms with van der Waals surface area (Å²) in [5.41, 5.74) is 24.4. The molecular weight excluding hydrogens is 1190 g/mol. The number of phenols is 1. The molecule has 0 aliphatic heterocycles. The number of allylic oxidation sites excluding steroid dienone is 2. The lowest BCUT2D eigenvalue weighted by atomic mass is 9.77. The quantitative estimate of drug-likeness (QED) is 0.104. The standard InChI is InChI=1S/C94H92N2O2/c1-60(2)72-35-17-19-37-74(72)68-33-21-34-69(57-68)75-39-23-43-86(92(75)97)95(70-49-45-64(46-50-70)62-25-9-5-10-26-62)88-58-84(66-29-13-7-14-30-66)77-54-56-83-89(59-85(67-31-15-8-16-32-67)78-53-55-82(88)90(77)91(78)83)96(71-51-47-65(48-52-71)63-27-11-6-12-28-63)87-44-24-42-81-80-41-22-40-79(93(80)98-94(81)87)76-38-20-18-36-73(76)61(3)4/h17-24,27,33-62,66-67,97H,5-16,25-26,28-32H2,1-4H3. The monoisotopic (exact) mass is 1280 g/mol. The van der Waals surface area contributed by atoms with Crippen LogP contribution < -0.4 is 9.80 Å². The largest absolute Gasteiger partial charge is 0.505 e. The van der Waals surface area contributed by atoms with Gasteiger partial charge in [-0.25, -0.2) is 0 Å². The van der Waals surface area contributed by atoms with Crippen molar-refractivity contribution in [3.05, 3.63) is 252 Å². The van der Waals surface area contributed by atoms with Crippen molar-refractivity contribution in [2.75, 3.05) is 9.80 Å². The number of para-hydroxylation sites is 3. The van der Waals surface area contributed by atoms with Crippen molar-refractivity contribution in [1.29, 1.82) is 0 Å². The third kappa shape index (κ3) is 11.2. The van der Waals surface area contributed by atoms with Gasteiger partial charge in [0, 0.05) is 44.0 Å². The molecule has 1 heterocycles. The first-order valence-corrected chi connectivity index (χ1v) is 37.6. The maximum absolute atomic E-state index is 13.5. The van der Waals surface area contributed by atoms with Crippen LogP contribution in [0.15, 0.2) is 223 Å². The molecule has 4 aliphatic carbocycles. The summed E-state index contributed by atoms with van der Waals surface area (Å²) in [6.45, 7) is 9.14. The molecule has 0 radical (unpaired) electrons. The molecule has 3 fully saturated rings. The molecule has 0 unspecified atom stereocenters. The van der Waals surface area contributed by atoms with Gasteiger partial charge in [-0.3, -0.25) is 0 Å². The molecule has 3 saturated carbocycles. The van der Waals surface area contributed by atoms with Crippen LogP contribution in [0.2, 0.25) is 0 Å². The summed E-state index contributed by atoms with van der Waals surface area (Å²) in [5, 5.41) is 23.6. The van der Waals surface area contributed by atoms with Crippen molar-refractivity contribution in [3.8, 4) is 39.1 Å². The van der Waals surface area contributed by atoms with E-state index in [0.29, 0.717) is 29.6 Å². The van der Waals surface area contributed by atoms with Crippen LogP contribution in [0.25, 0.3) is 93.2 Å². The van der Waals surface area contributed by atoms with Crippen LogP contribution in [-0.2, 0) is 0 Å². The third-order valence-corrected chi connectivity index (χ3v) is 23.4. The van der Waals surface area contributed by atoms with Gasteiger partial charge in [-0.2, -0.15) is 0 Å². The molecule has 0 bridgehead atoms. The average Bonchev–Trinajstić information content (AvgIpc) is 1.01. The van der Waals surface area contributed by atoms with Crippen molar-refractivity contribution in [1.82, 2.24) is 0 Å². The van der Waals surface area contributed by atoms with E-state index >= 15 is 0 Å². The summed E-state index contributed by atoms with van der Waals surface area (Å²) in [4.78, 5) is 5.04. The molecule has 17 rings (SSSR count). The smallest absolute Gasteiger partial charge is 0.159 e. The Labute approximate surface area is 580 Å². The summed E-state index contributed by atoms with van der Waals surface area (Å²) >= 11 is 0. The maximum atomic E-state index is 13.5. The first kappa shape index (κ1) is 62.2. The summed E-state index contributed by atoms with van der Waals surface area (Å²) in [5.74, 6) is 2.33. The predicted octanol–water partition coefficient (Wildman–Crippen LogP) is 28.5. The number of fused-ring (bicyclic) bond motifs is 3. The fraction of sp³-hybridized carbons (Fsp3) is 0.298. The number of nitrogens with zero attached hydrogens (tertiary/aromatic N) is 2. The van der Waals surface area contributed by atoms with E-state index in [4.69, 9.17) is 4.42 Å². The number of furan rings is 1. The Morgan fingerprint density at radius 3 is 1.44 bits per heavy atom. The highest BCUT2D eigenvalue weighted by molar-refractivity contribution is 6.30. The van der Waals surface area contributed by atoms with Gasteiger partial charge >= 0.3 is 0 Å². The number of aromatic hydroxyl groups is 1. The second kappa shape index (κ2) is 26.5. The van der Waals surface area contributed by atoms with Gasteiger partial charge in [-0.15, -0.1) is 0 Å². The zero-order chi connectivity index (χ0) is 66.0. The van der Waals surface area contributed by atoms with Crippen LogP contribution >= 0.6 is 0 Å². The highest BCUT2D eigenvalue weighted by atomic mass is 16.3. The molecule has 1 N–H and O–H groups in total.